The maximum absolute atomic E-state index is 11.9. The molecular formula is C14H15BrN2O2. The van der Waals surface area contributed by atoms with Gasteiger partial charge in [0.1, 0.15) is 0 Å². The Morgan fingerprint density at radius 1 is 1.42 bits per heavy atom. The van der Waals surface area contributed by atoms with Crippen LogP contribution in [0.15, 0.2) is 33.9 Å². The van der Waals surface area contributed by atoms with E-state index in [-0.39, 0.29) is 17.7 Å². The second-order valence-electron chi connectivity index (χ2n) is 5.32. The van der Waals surface area contributed by atoms with Crippen LogP contribution in [-0.4, -0.2) is 17.3 Å². The monoisotopic (exact) mass is 322 g/mol. The lowest BCUT2D eigenvalue weighted by molar-refractivity contribution is -0.141. The number of carbonyl (C=O) groups is 1. The van der Waals surface area contributed by atoms with Crippen LogP contribution in [-0.2, 0) is 9.63 Å². The summed E-state index contributed by atoms with van der Waals surface area (Å²) in [6, 6.07) is 8.11. The van der Waals surface area contributed by atoms with Crippen LogP contribution in [0, 0.1) is 5.92 Å². The van der Waals surface area contributed by atoms with Gasteiger partial charge >= 0.3 is 0 Å². The van der Waals surface area contributed by atoms with Crippen LogP contribution < -0.4 is 5.32 Å². The smallest absolute Gasteiger partial charge is 0.223 e. The molecule has 0 aliphatic carbocycles. The van der Waals surface area contributed by atoms with Crippen molar-refractivity contribution in [2.24, 2.45) is 11.1 Å². The Kier molecular flexibility index (Phi) is 2.89. The summed E-state index contributed by atoms with van der Waals surface area (Å²) in [4.78, 5) is 17.4. The fraction of sp³-hybridized carbons (Fsp3) is 0.429. The van der Waals surface area contributed by atoms with Gasteiger partial charge in [0, 0.05) is 16.8 Å². The van der Waals surface area contributed by atoms with Gasteiger partial charge in [-0.25, -0.2) is 0 Å². The molecule has 1 aromatic rings. The third kappa shape index (κ3) is 2.06. The first kappa shape index (κ1) is 12.7. The highest BCUT2D eigenvalue weighted by Crippen LogP contribution is 2.43. The van der Waals surface area contributed by atoms with E-state index in [0.29, 0.717) is 6.42 Å². The Morgan fingerprint density at radius 2 is 2.11 bits per heavy atom. The molecule has 2 aliphatic heterocycles. The van der Waals surface area contributed by atoms with E-state index < -0.39 is 5.72 Å². The van der Waals surface area contributed by atoms with Crippen LogP contribution in [0.25, 0.3) is 0 Å². The number of oxime groups is 1. The number of hydrogen-bond donors (Lipinski definition) is 1. The van der Waals surface area contributed by atoms with Crippen molar-refractivity contribution in [3.05, 3.63) is 34.3 Å². The minimum absolute atomic E-state index is 0.0107. The van der Waals surface area contributed by atoms with Crippen LogP contribution in [0.5, 0.6) is 0 Å². The molecular weight excluding hydrogens is 308 g/mol. The highest BCUT2D eigenvalue weighted by Gasteiger charge is 2.52. The molecule has 1 aromatic carbocycles. The number of hydrogen-bond acceptors (Lipinski definition) is 3. The first-order valence-electron chi connectivity index (χ1n) is 6.29. The minimum Gasteiger partial charge on any atom is -0.367 e. The third-order valence-electron chi connectivity index (χ3n) is 3.92. The van der Waals surface area contributed by atoms with Crippen molar-refractivity contribution in [3.8, 4) is 0 Å². The molecule has 0 radical (unpaired) electrons. The maximum Gasteiger partial charge on any atom is 0.223 e. The highest BCUT2D eigenvalue weighted by molar-refractivity contribution is 9.10. The number of halogens is 1. The Bertz CT molecular complexity index is 555. The molecule has 3 rings (SSSR count). The second kappa shape index (κ2) is 4.34. The Hall–Kier alpha value is -1.36. The van der Waals surface area contributed by atoms with E-state index >= 15 is 0 Å². The van der Waals surface area contributed by atoms with Crippen molar-refractivity contribution in [2.45, 2.75) is 31.9 Å². The van der Waals surface area contributed by atoms with Crippen molar-refractivity contribution >= 4 is 27.5 Å². The van der Waals surface area contributed by atoms with E-state index in [1.807, 2.05) is 26.0 Å². The van der Waals surface area contributed by atoms with E-state index in [9.17, 15) is 4.79 Å². The van der Waals surface area contributed by atoms with Gasteiger partial charge in [-0.2, -0.15) is 0 Å². The molecule has 1 amide bonds. The maximum atomic E-state index is 11.9. The topological polar surface area (TPSA) is 50.7 Å². The van der Waals surface area contributed by atoms with Crippen molar-refractivity contribution in [3.63, 3.8) is 0 Å². The van der Waals surface area contributed by atoms with E-state index in [1.54, 1.807) is 0 Å². The number of benzene rings is 1. The largest absolute Gasteiger partial charge is 0.367 e. The number of nitrogens with one attached hydrogen (secondary N) is 1. The van der Waals surface area contributed by atoms with Crippen LogP contribution in [0.1, 0.15) is 31.7 Å². The van der Waals surface area contributed by atoms with E-state index in [0.717, 1.165) is 15.7 Å². The van der Waals surface area contributed by atoms with Gasteiger partial charge in [0.15, 0.2) is 0 Å². The average Bonchev–Trinajstić information content (AvgIpc) is 2.65. The number of piperidine rings is 1. The number of amides is 1. The summed E-state index contributed by atoms with van der Waals surface area (Å²) in [6.45, 7) is 3.85. The van der Waals surface area contributed by atoms with Gasteiger partial charge in [-0.05, 0) is 31.5 Å². The zero-order valence-electron chi connectivity index (χ0n) is 10.8. The Balaban J connectivity index is 2.01. The normalized spacial score (nSPS) is 33.2. The van der Waals surface area contributed by atoms with Crippen LogP contribution in [0.4, 0.5) is 0 Å². The van der Waals surface area contributed by atoms with Gasteiger partial charge in [0.2, 0.25) is 11.6 Å². The number of fused-ring (bicyclic) bond motifs is 1. The molecule has 19 heavy (non-hydrogen) atoms. The SMILES string of the molecule is CC1=NO[C@]2(C)NC(=O)CC(c3ccc(Br)cc3)[C@H]12. The lowest BCUT2D eigenvalue weighted by Gasteiger charge is -2.39. The number of nitrogens with zero attached hydrogens (tertiary/aromatic N) is 1. The molecule has 1 fully saturated rings. The summed E-state index contributed by atoms with van der Waals surface area (Å²) in [7, 11) is 0. The van der Waals surface area contributed by atoms with Crippen molar-refractivity contribution in [2.75, 3.05) is 0 Å². The molecule has 100 valence electrons. The van der Waals surface area contributed by atoms with Gasteiger partial charge < -0.3 is 10.2 Å². The molecule has 1 saturated heterocycles. The predicted molar refractivity (Wildman–Crippen MR) is 75.7 cm³/mol. The van der Waals surface area contributed by atoms with E-state index in [1.165, 1.54) is 0 Å². The first-order valence-corrected chi connectivity index (χ1v) is 7.08. The quantitative estimate of drug-likeness (QED) is 0.864. The summed E-state index contributed by atoms with van der Waals surface area (Å²) >= 11 is 3.43. The molecule has 4 nitrogen and oxygen atoms in total. The van der Waals surface area contributed by atoms with Crippen LogP contribution in [0.2, 0.25) is 0 Å². The molecule has 0 bridgehead atoms. The van der Waals surface area contributed by atoms with Crippen molar-refractivity contribution < 1.29 is 9.63 Å². The first-order chi connectivity index (χ1) is 8.99. The molecule has 2 heterocycles. The predicted octanol–water partition coefficient (Wildman–Crippen LogP) is 2.79. The molecule has 3 atom stereocenters. The lowest BCUT2D eigenvalue weighted by atomic mass is 9.73. The molecule has 0 saturated carbocycles. The molecule has 0 aromatic heterocycles. The Morgan fingerprint density at radius 3 is 2.79 bits per heavy atom. The highest BCUT2D eigenvalue weighted by atomic mass is 79.9. The van der Waals surface area contributed by atoms with Gasteiger partial charge in [0.05, 0.1) is 11.6 Å². The summed E-state index contributed by atoms with van der Waals surface area (Å²) in [5, 5.41) is 6.98. The fourth-order valence-electron chi connectivity index (χ4n) is 3.12. The molecule has 5 heteroatoms. The van der Waals surface area contributed by atoms with Gasteiger partial charge in [0.25, 0.3) is 0 Å². The average molecular weight is 323 g/mol. The molecule has 2 aliphatic rings. The van der Waals surface area contributed by atoms with Gasteiger partial charge in [-0.3, -0.25) is 4.79 Å². The standard InChI is InChI=1S/C14H15BrN2O2/c1-8-13-11(9-3-5-10(15)6-4-9)7-12(18)16-14(13,2)19-17-8/h3-6,11,13H,7H2,1-2H3,(H,16,18)/t11?,13-,14-/m0/s1. The summed E-state index contributed by atoms with van der Waals surface area (Å²) in [6.07, 6.45) is 0.470. The third-order valence-corrected chi connectivity index (χ3v) is 4.44. The minimum atomic E-state index is -0.711. The zero-order valence-corrected chi connectivity index (χ0v) is 12.4. The zero-order chi connectivity index (χ0) is 13.6. The number of carbonyl (C=O) groups excluding carboxylic acids is 1. The van der Waals surface area contributed by atoms with E-state index in [2.05, 4.69) is 38.5 Å². The summed E-state index contributed by atoms with van der Waals surface area (Å²) in [5.74, 6) is 0.209. The Labute approximate surface area is 120 Å². The number of rotatable bonds is 1. The van der Waals surface area contributed by atoms with Crippen LogP contribution in [0.3, 0.4) is 0 Å². The second-order valence-corrected chi connectivity index (χ2v) is 6.23. The molecule has 0 spiro atoms. The van der Waals surface area contributed by atoms with Crippen LogP contribution >= 0.6 is 15.9 Å². The molecule has 1 unspecified atom stereocenters. The lowest BCUT2D eigenvalue weighted by Crippen LogP contribution is -2.58. The van der Waals surface area contributed by atoms with Crippen molar-refractivity contribution in [1.82, 2.24) is 5.32 Å². The van der Waals surface area contributed by atoms with Gasteiger partial charge in [-0.15, -0.1) is 0 Å². The summed E-state index contributed by atoms with van der Waals surface area (Å²) < 4.78 is 1.03. The molecule has 1 N–H and O–H groups in total. The van der Waals surface area contributed by atoms with Crippen molar-refractivity contribution in [1.29, 1.82) is 0 Å². The summed E-state index contributed by atoms with van der Waals surface area (Å²) in [5.41, 5.74) is 1.38. The van der Waals surface area contributed by atoms with Gasteiger partial charge in [-0.1, -0.05) is 33.2 Å². The van der Waals surface area contributed by atoms with E-state index in [4.69, 9.17) is 4.84 Å². The fourth-order valence-corrected chi connectivity index (χ4v) is 3.38.